The molecule has 3 heterocycles. The number of para-hydroxylation sites is 1. The molecule has 0 aliphatic carbocycles. The molecule has 0 saturated heterocycles. The van der Waals surface area contributed by atoms with E-state index in [-0.39, 0.29) is 18.2 Å². The van der Waals surface area contributed by atoms with Crippen LogP contribution in [0.3, 0.4) is 0 Å². The highest BCUT2D eigenvalue weighted by Crippen LogP contribution is 2.50. The molecule has 0 bridgehead atoms. The molecule has 1 amide bonds. The molecule has 2 aromatic heterocycles. The summed E-state index contributed by atoms with van der Waals surface area (Å²) < 4.78 is 6.93. The molecule has 4 rings (SSSR count). The predicted molar refractivity (Wildman–Crippen MR) is 126 cm³/mol. The van der Waals surface area contributed by atoms with Gasteiger partial charge >= 0.3 is 6.09 Å². The second-order valence-electron chi connectivity index (χ2n) is 8.75. The Labute approximate surface area is 185 Å². The predicted octanol–water partition coefficient (Wildman–Crippen LogP) is 6.63. The molecule has 0 radical (unpaired) electrons. The van der Waals surface area contributed by atoms with E-state index in [0.29, 0.717) is 0 Å². The van der Waals surface area contributed by atoms with Gasteiger partial charge in [0.25, 0.3) is 0 Å². The van der Waals surface area contributed by atoms with Gasteiger partial charge in [-0.1, -0.05) is 26.0 Å². The zero-order chi connectivity index (χ0) is 21.6. The molecule has 1 aromatic carbocycles. The molecule has 1 aliphatic rings. The summed E-state index contributed by atoms with van der Waals surface area (Å²) in [7, 11) is 0. The number of thiophene rings is 1. The van der Waals surface area contributed by atoms with Crippen molar-refractivity contribution in [2.45, 2.75) is 71.6 Å². The Bertz CT molecular complexity index is 1050. The van der Waals surface area contributed by atoms with E-state index in [0.717, 1.165) is 45.1 Å². The highest BCUT2D eigenvalue weighted by atomic mass is 32.1. The van der Waals surface area contributed by atoms with Crippen LogP contribution in [0, 0.1) is 0 Å². The number of benzene rings is 1. The monoisotopic (exact) mass is 443 g/mol. The highest BCUT2D eigenvalue weighted by molar-refractivity contribution is 7.22. The Balaban J connectivity index is 1.80. The fraction of sp³-hybridized carbons (Fsp3) is 0.478. The molecule has 0 spiro atoms. The Morgan fingerprint density at radius 3 is 2.60 bits per heavy atom. The van der Waals surface area contributed by atoms with Gasteiger partial charge in [0, 0.05) is 16.5 Å². The number of amides is 1. The summed E-state index contributed by atoms with van der Waals surface area (Å²) in [4.78, 5) is 21.1. The maximum absolute atomic E-state index is 13.1. The van der Waals surface area contributed by atoms with Crippen LogP contribution in [-0.4, -0.2) is 27.6 Å². The molecule has 2 unspecified atom stereocenters. The number of rotatable bonds is 3. The maximum Gasteiger partial charge on any atom is 0.411 e. The van der Waals surface area contributed by atoms with Crippen LogP contribution < -0.4 is 5.73 Å². The minimum atomic E-state index is -0.519. The largest absolute Gasteiger partial charge is 0.444 e. The van der Waals surface area contributed by atoms with Crippen LogP contribution >= 0.6 is 22.7 Å². The van der Waals surface area contributed by atoms with E-state index in [1.54, 1.807) is 22.7 Å². The first kappa shape index (κ1) is 21.1. The number of hydrogen-bond donors (Lipinski definition) is 1. The molecule has 0 fully saturated rings. The molecule has 2 N–H and O–H groups in total. The van der Waals surface area contributed by atoms with Crippen LogP contribution in [0.2, 0.25) is 0 Å². The molecule has 160 valence electrons. The van der Waals surface area contributed by atoms with Crippen molar-refractivity contribution in [3.63, 3.8) is 0 Å². The van der Waals surface area contributed by atoms with Gasteiger partial charge in [0.05, 0.1) is 21.3 Å². The number of ether oxygens (including phenoxy) is 1. The second-order valence-corrected chi connectivity index (χ2v) is 10.9. The smallest absolute Gasteiger partial charge is 0.411 e. The van der Waals surface area contributed by atoms with E-state index in [1.165, 1.54) is 10.4 Å². The summed E-state index contributed by atoms with van der Waals surface area (Å²) in [6.07, 6.45) is 2.23. The van der Waals surface area contributed by atoms with E-state index >= 15 is 0 Å². The van der Waals surface area contributed by atoms with Gasteiger partial charge in [0.1, 0.15) is 10.6 Å². The third kappa shape index (κ3) is 3.69. The third-order valence-corrected chi connectivity index (χ3v) is 7.72. The lowest BCUT2D eigenvalue weighted by molar-refractivity contribution is 0.000879. The summed E-state index contributed by atoms with van der Waals surface area (Å²) in [5.41, 5.74) is 9.36. The molecular weight excluding hydrogens is 414 g/mol. The SMILES string of the molecule is CCC1Cc2c(sc(N)c2-c2nc3ccccc3s2)C(CC)N1C(=O)OC(C)(C)C. The van der Waals surface area contributed by atoms with Crippen molar-refractivity contribution in [1.29, 1.82) is 0 Å². The molecule has 0 saturated carbocycles. The second kappa shape index (κ2) is 7.85. The Hall–Kier alpha value is -2.12. The normalized spacial score (nSPS) is 19.2. The van der Waals surface area contributed by atoms with Crippen LogP contribution in [0.25, 0.3) is 20.8 Å². The van der Waals surface area contributed by atoms with Gasteiger partial charge in [-0.25, -0.2) is 9.78 Å². The molecule has 3 aromatic rings. The summed E-state index contributed by atoms with van der Waals surface area (Å²) in [5, 5.41) is 1.76. The molecule has 2 atom stereocenters. The third-order valence-electron chi connectivity index (χ3n) is 5.51. The van der Waals surface area contributed by atoms with Crippen LogP contribution in [0.15, 0.2) is 24.3 Å². The quantitative estimate of drug-likeness (QED) is 0.493. The molecule has 1 aliphatic heterocycles. The van der Waals surface area contributed by atoms with Crippen molar-refractivity contribution in [2.24, 2.45) is 0 Å². The topological polar surface area (TPSA) is 68.5 Å². The molecule has 5 nitrogen and oxygen atoms in total. The van der Waals surface area contributed by atoms with Gasteiger partial charge in [-0.05, 0) is 57.7 Å². The summed E-state index contributed by atoms with van der Waals surface area (Å²) >= 11 is 3.29. The number of aromatic nitrogens is 1. The van der Waals surface area contributed by atoms with Gasteiger partial charge in [-0.15, -0.1) is 22.7 Å². The van der Waals surface area contributed by atoms with Gasteiger partial charge in [0.2, 0.25) is 0 Å². The average Bonchev–Trinajstić information content (AvgIpc) is 3.24. The van der Waals surface area contributed by atoms with Crippen molar-refractivity contribution >= 4 is 44.0 Å². The van der Waals surface area contributed by atoms with Crippen molar-refractivity contribution in [3.05, 3.63) is 34.7 Å². The average molecular weight is 444 g/mol. The minimum absolute atomic E-state index is 0.0241. The summed E-state index contributed by atoms with van der Waals surface area (Å²) in [5.74, 6) is 0. The van der Waals surface area contributed by atoms with Gasteiger partial charge in [0.15, 0.2) is 0 Å². The van der Waals surface area contributed by atoms with Gasteiger partial charge in [-0.3, -0.25) is 4.90 Å². The van der Waals surface area contributed by atoms with Crippen molar-refractivity contribution in [3.8, 4) is 10.6 Å². The van der Waals surface area contributed by atoms with Gasteiger partial charge < -0.3 is 10.5 Å². The van der Waals surface area contributed by atoms with Gasteiger partial charge in [-0.2, -0.15) is 0 Å². The van der Waals surface area contributed by atoms with E-state index in [1.807, 2.05) is 43.9 Å². The van der Waals surface area contributed by atoms with E-state index in [9.17, 15) is 4.79 Å². The Kier molecular flexibility index (Phi) is 5.53. The number of anilines is 1. The Morgan fingerprint density at radius 1 is 1.23 bits per heavy atom. The molecule has 7 heteroatoms. The number of nitrogens with zero attached hydrogens (tertiary/aromatic N) is 2. The van der Waals surface area contributed by atoms with Crippen LogP contribution in [0.4, 0.5) is 9.80 Å². The first-order chi connectivity index (χ1) is 14.2. The standard InChI is InChI=1S/C23H29N3O2S2/c1-6-13-12-14-18(21-25-15-10-8-9-11-17(15)29-21)20(24)30-19(14)16(7-2)26(13)22(27)28-23(3,4)5/h8-11,13,16H,6-7,12,24H2,1-5H3. The van der Waals surface area contributed by atoms with Crippen molar-refractivity contribution in [2.75, 3.05) is 5.73 Å². The fourth-order valence-electron chi connectivity index (χ4n) is 4.22. The zero-order valence-electron chi connectivity index (χ0n) is 18.2. The lowest BCUT2D eigenvalue weighted by Crippen LogP contribution is -2.48. The lowest BCUT2D eigenvalue weighted by atomic mass is 9.90. The zero-order valence-corrected chi connectivity index (χ0v) is 19.8. The number of hydrogen-bond acceptors (Lipinski definition) is 6. The summed E-state index contributed by atoms with van der Waals surface area (Å²) in [6, 6.07) is 8.24. The van der Waals surface area contributed by atoms with Crippen LogP contribution in [-0.2, 0) is 11.2 Å². The lowest BCUT2D eigenvalue weighted by Gasteiger charge is -2.42. The number of nitrogen functional groups attached to an aromatic ring is 1. The van der Waals surface area contributed by atoms with Crippen LogP contribution in [0.5, 0.6) is 0 Å². The minimum Gasteiger partial charge on any atom is -0.444 e. The first-order valence-corrected chi connectivity index (χ1v) is 12.1. The number of carbonyl (C=O) groups is 1. The number of carbonyl (C=O) groups excluding carboxylic acids is 1. The number of fused-ring (bicyclic) bond motifs is 2. The van der Waals surface area contributed by atoms with Crippen molar-refractivity contribution < 1.29 is 9.53 Å². The number of nitrogens with two attached hydrogens (primary N) is 1. The van der Waals surface area contributed by atoms with E-state index in [4.69, 9.17) is 15.5 Å². The molecule has 30 heavy (non-hydrogen) atoms. The highest BCUT2D eigenvalue weighted by Gasteiger charge is 2.41. The first-order valence-electron chi connectivity index (χ1n) is 10.5. The van der Waals surface area contributed by atoms with E-state index in [2.05, 4.69) is 19.9 Å². The fourth-order valence-corrected chi connectivity index (χ4v) is 6.62. The molecular formula is C23H29N3O2S2. The van der Waals surface area contributed by atoms with Crippen molar-refractivity contribution in [1.82, 2.24) is 9.88 Å². The van der Waals surface area contributed by atoms with Crippen LogP contribution in [0.1, 0.15) is 63.9 Å². The summed E-state index contributed by atoms with van der Waals surface area (Å²) in [6.45, 7) is 9.99. The maximum atomic E-state index is 13.1. The number of thiazole rings is 1. The van der Waals surface area contributed by atoms with E-state index < -0.39 is 5.60 Å². The Morgan fingerprint density at radius 2 is 1.97 bits per heavy atom.